The van der Waals surface area contributed by atoms with E-state index in [0.29, 0.717) is 10.1 Å². The van der Waals surface area contributed by atoms with E-state index in [1.54, 1.807) is 0 Å². The minimum atomic E-state index is -7.12. The molecule has 39 heavy (non-hydrogen) atoms. The second kappa shape index (κ2) is 10.3. The third-order valence-electron chi connectivity index (χ3n) is 5.28. The molecule has 212 valence electrons. The Morgan fingerprint density at radius 2 is 1.56 bits per heavy atom. The van der Waals surface area contributed by atoms with Gasteiger partial charge in [0.15, 0.2) is 6.20 Å². The largest absolute Gasteiger partial charge is 0.618 e. The molecule has 0 saturated heterocycles. The minimum Gasteiger partial charge on any atom is -0.618 e. The number of nitrogens with zero attached hydrogens (tertiary/aromatic N) is 1. The third kappa shape index (κ3) is 5.36. The minimum absolute atomic E-state index is 0.0617. The maximum Gasteiger partial charge on any atom is 0.457 e. The Labute approximate surface area is 226 Å². The van der Waals surface area contributed by atoms with Gasteiger partial charge in [0.25, 0.3) is 5.91 Å². The Morgan fingerprint density at radius 3 is 2.10 bits per heavy atom. The standard InChI is InChI=1S/C21H10F11IN2O3S/c22-17(23)39(38)14-8-11(18(24,20(27,28)29)19(25,26)21(30,31)32)7-12(33)15(14)34-16(36)10-4-3-9-2-1-5-35(37)13(9)6-10/h1-8,17H,(H,34,36). The zero-order valence-electron chi connectivity index (χ0n) is 18.3. The number of pyridine rings is 1. The number of aromatic nitrogens is 1. The van der Waals surface area contributed by atoms with Crippen LogP contribution in [0.15, 0.2) is 53.6 Å². The second-order valence-electron chi connectivity index (χ2n) is 7.68. The molecule has 0 bridgehead atoms. The fourth-order valence-electron chi connectivity index (χ4n) is 3.38. The number of fused-ring (bicyclic) bond motifs is 1. The first-order valence-corrected chi connectivity index (χ1v) is 12.2. The van der Waals surface area contributed by atoms with E-state index in [1.807, 2.05) is 5.32 Å². The molecule has 3 rings (SSSR count). The number of nitrogens with one attached hydrogen (secondary N) is 1. The van der Waals surface area contributed by atoms with Crippen molar-refractivity contribution in [3.63, 3.8) is 0 Å². The van der Waals surface area contributed by atoms with Gasteiger partial charge >= 0.3 is 29.7 Å². The highest BCUT2D eigenvalue weighted by Gasteiger charge is 2.81. The summed E-state index contributed by atoms with van der Waals surface area (Å²) in [6.45, 7) is 0. The first-order valence-electron chi connectivity index (χ1n) is 9.90. The predicted octanol–water partition coefficient (Wildman–Crippen LogP) is 6.59. The molecular weight excluding hydrogens is 696 g/mol. The highest BCUT2D eigenvalue weighted by atomic mass is 127. The zero-order valence-corrected chi connectivity index (χ0v) is 21.3. The molecule has 0 aliphatic heterocycles. The van der Waals surface area contributed by atoms with E-state index in [4.69, 9.17) is 0 Å². The molecule has 1 amide bonds. The van der Waals surface area contributed by atoms with Crippen molar-refractivity contribution in [2.75, 3.05) is 5.32 Å². The summed E-state index contributed by atoms with van der Waals surface area (Å²) in [5.74, 6) is -12.3. The number of rotatable bonds is 6. The molecule has 1 aromatic heterocycles. The van der Waals surface area contributed by atoms with Crippen LogP contribution >= 0.6 is 22.6 Å². The molecule has 0 radical (unpaired) electrons. The summed E-state index contributed by atoms with van der Waals surface area (Å²) >= 11 is 0.950. The number of halogens is 12. The SMILES string of the molecule is O=C(Nc1c(I)cc(C(F)(C(F)(F)F)C(F)(F)C(F)(F)F)cc1S(=O)C(F)F)c1ccc2ccc[n+]([O-])c2c1. The molecule has 18 heteroatoms. The average Bonchev–Trinajstić information content (AvgIpc) is 2.82. The third-order valence-corrected chi connectivity index (χ3v) is 7.21. The topological polar surface area (TPSA) is 73.1 Å². The lowest BCUT2D eigenvalue weighted by atomic mass is 9.87. The van der Waals surface area contributed by atoms with Crippen molar-refractivity contribution in [2.45, 2.75) is 34.6 Å². The van der Waals surface area contributed by atoms with Crippen LogP contribution in [0, 0.1) is 8.78 Å². The van der Waals surface area contributed by atoms with Crippen molar-refractivity contribution in [2.24, 2.45) is 0 Å². The van der Waals surface area contributed by atoms with Crippen LogP contribution in [-0.4, -0.2) is 34.1 Å². The van der Waals surface area contributed by atoms with Crippen molar-refractivity contribution in [3.8, 4) is 0 Å². The lowest BCUT2D eigenvalue weighted by molar-refractivity contribution is -0.577. The fraction of sp³-hybridized carbons (Fsp3) is 0.238. The van der Waals surface area contributed by atoms with Crippen LogP contribution in [-0.2, 0) is 16.5 Å². The van der Waals surface area contributed by atoms with E-state index in [1.165, 1.54) is 18.2 Å². The lowest BCUT2D eigenvalue weighted by Crippen LogP contribution is -2.59. The summed E-state index contributed by atoms with van der Waals surface area (Å²) in [7, 11) is -3.74. The van der Waals surface area contributed by atoms with Crippen molar-refractivity contribution in [3.05, 3.63) is 68.6 Å². The van der Waals surface area contributed by atoms with Crippen LogP contribution in [0.1, 0.15) is 15.9 Å². The van der Waals surface area contributed by atoms with Gasteiger partial charge in [0, 0.05) is 32.2 Å². The Bertz CT molecular complexity index is 1460. The molecule has 1 N–H and O–H groups in total. The van der Waals surface area contributed by atoms with Gasteiger partial charge in [-0.1, -0.05) is 0 Å². The van der Waals surface area contributed by atoms with E-state index in [2.05, 4.69) is 0 Å². The number of alkyl halides is 11. The summed E-state index contributed by atoms with van der Waals surface area (Å²) in [6.07, 6.45) is -13.0. The van der Waals surface area contributed by atoms with Gasteiger partial charge in [-0.25, -0.2) is 8.60 Å². The maximum atomic E-state index is 15.0. The predicted molar refractivity (Wildman–Crippen MR) is 122 cm³/mol. The molecule has 5 nitrogen and oxygen atoms in total. The zero-order chi connectivity index (χ0) is 29.7. The smallest absolute Gasteiger partial charge is 0.457 e. The van der Waals surface area contributed by atoms with Gasteiger partial charge in [-0.05, 0) is 52.9 Å². The van der Waals surface area contributed by atoms with Gasteiger partial charge in [-0.15, -0.1) is 0 Å². The number of hydrogen-bond donors (Lipinski definition) is 1. The summed E-state index contributed by atoms with van der Waals surface area (Å²) in [4.78, 5) is 11.2. The first kappa shape index (κ1) is 30.8. The second-order valence-corrected chi connectivity index (χ2v) is 10.2. The maximum absolute atomic E-state index is 15.0. The molecule has 3 aromatic rings. The Balaban J connectivity index is 2.22. The lowest BCUT2D eigenvalue weighted by Gasteiger charge is -2.36. The van der Waals surface area contributed by atoms with Crippen LogP contribution in [0.4, 0.5) is 54.0 Å². The summed E-state index contributed by atoms with van der Waals surface area (Å²) in [5, 5.41) is 14.2. The van der Waals surface area contributed by atoms with Crippen LogP contribution in [0.3, 0.4) is 0 Å². The molecule has 0 fully saturated rings. The fourth-order valence-corrected chi connectivity index (χ4v) is 5.12. The van der Waals surface area contributed by atoms with Gasteiger partial charge < -0.3 is 10.5 Å². The van der Waals surface area contributed by atoms with Gasteiger partial charge in [0.1, 0.15) is 10.8 Å². The van der Waals surface area contributed by atoms with Crippen LogP contribution in [0.2, 0.25) is 0 Å². The van der Waals surface area contributed by atoms with Crippen molar-refractivity contribution in [1.29, 1.82) is 0 Å². The Morgan fingerprint density at radius 1 is 0.949 bits per heavy atom. The van der Waals surface area contributed by atoms with Crippen molar-refractivity contribution >= 4 is 55.9 Å². The molecule has 0 saturated carbocycles. The molecule has 2 aromatic carbocycles. The van der Waals surface area contributed by atoms with Crippen molar-refractivity contribution in [1.82, 2.24) is 0 Å². The summed E-state index contributed by atoms with van der Waals surface area (Å²) < 4.78 is 160. The van der Waals surface area contributed by atoms with Gasteiger partial charge in [-0.3, -0.25) is 4.79 Å². The Hall–Kier alpha value is -2.77. The molecular formula is C21H10F11IN2O3S. The number of anilines is 1. The number of carbonyl (C=O) groups excluding carboxylic acids is 1. The van der Waals surface area contributed by atoms with Gasteiger partial charge in [0.2, 0.25) is 5.52 Å². The molecule has 1 heterocycles. The number of benzene rings is 2. The molecule has 0 aliphatic rings. The van der Waals surface area contributed by atoms with Crippen LogP contribution in [0.5, 0.6) is 0 Å². The summed E-state index contributed by atoms with van der Waals surface area (Å²) in [5.41, 5.74) is -10.4. The molecule has 0 aliphatic carbocycles. The van der Waals surface area contributed by atoms with Gasteiger partial charge in [-0.2, -0.15) is 48.6 Å². The van der Waals surface area contributed by atoms with Crippen molar-refractivity contribution < 1.29 is 62.0 Å². The molecule has 0 spiro atoms. The summed E-state index contributed by atoms with van der Waals surface area (Å²) in [6, 6.07) is 5.60. The Kier molecular flexibility index (Phi) is 8.15. The van der Waals surface area contributed by atoms with Crippen LogP contribution in [0.25, 0.3) is 10.9 Å². The molecule has 2 atom stereocenters. The van der Waals surface area contributed by atoms with E-state index in [-0.39, 0.29) is 17.1 Å². The van der Waals surface area contributed by atoms with E-state index < -0.39 is 72.2 Å². The van der Waals surface area contributed by atoms with Crippen LogP contribution < -0.4 is 10.0 Å². The normalized spacial score (nSPS) is 15.3. The quantitative estimate of drug-likeness (QED) is 0.136. The number of hydrogen-bond acceptors (Lipinski definition) is 3. The average molecular weight is 706 g/mol. The van der Waals surface area contributed by atoms with Gasteiger partial charge in [0.05, 0.1) is 10.6 Å². The number of amides is 1. The van der Waals surface area contributed by atoms with E-state index >= 15 is 0 Å². The highest BCUT2D eigenvalue weighted by molar-refractivity contribution is 14.1. The number of carbonyl (C=O) groups is 1. The highest BCUT2D eigenvalue weighted by Crippen LogP contribution is 2.58. The van der Waals surface area contributed by atoms with E-state index in [0.717, 1.165) is 40.9 Å². The van der Waals surface area contributed by atoms with E-state index in [9.17, 15) is 62.5 Å². The monoisotopic (exact) mass is 706 g/mol. The first-order chi connectivity index (χ1) is 17.7. The molecule has 2 unspecified atom stereocenters.